The molecule has 0 unspecified atom stereocenters. The van der Waals surface area contributed by atoms with E-state index in [9.17, 15) is 0 Å². The molecule has 0 saturated carbocycles. The van der Waals surface area contributed by atoms with Crippen LogP contribution in [0.25, 0.3) is 0 Å². The molecule has 0 spiro atoms. The molecule has 0 saturated heterocycles. The highest BCUT2D eigenvalue weighted by molar-refractivity contribution is 14.1. The second kappa shape index (κ2) is 3.94. The number of hydrogen-bond acceptors (Lipinski definition) is 0. The Bertz CT molecular complexity index is 273. The Kier molecular flexibility index (Phi) is 3.68. The van der Waals surface area contributed by atoms with E-state index in [1.807, 2.05) is 13.0 Å². The van der Waals surface area contributed by atoms with Crippen LogP contribution in [0.15, 0.2) is 15.0 Å². The second-order valence-corrected chi connectivity index (χ2v) is 5.23. The van der Waals surface area contributed by atoms with Gasteiger partial charge in [-0.3, -0.25) is 0 Å². The van der Waals surface area contributed by atoms with E-state index in [1.165, 1.54) is 0 Å². The highest BCUT2D eigenvalue weighted by Crippen LogP contribution is 2.34. The maximum absolute atomic E-state index is 5.93. The van der Waals surface area contributed by atoms with Gasteiger partial charge in [0.15, 0.2) is 0 Å². The Labute approximate surface area is 101 Å². The maximum atomic E-state index is 5.93. The van der Waals surface area contributed by atoms with Crippen molar-refractivity contribution in [3.05, 3.63) is 29.2 Å². The summed E-state index contributed by atoms with van der Waals surface area (Å²) in [7, 11) is 0. The van der Waals surface area contributed by atoms with Crippen LogP contribution >= 0.6 is 66.1 Å². The maximum Gasteiger partial charge on any atom is 0.0458 e. The molecule has 0 nitrogen and oxygen atoms in total. The topological polar surface area (TPSA) is 0 Å². The van der Waals surface area contributed by atoms with Gasteiger partial charge in [0.25, 0.3) is 0 Å². The van der Waals surface area contributed by atoms with Crippen LogP contribution in [0, 0.1) is 10.5 Å². The zero-order chi connectivity index (χ0) is 8.59. The van der Waals surface area contributed by atoms with Crippen LogP contribution in [0.5, 0.6) is 0 Å². The molecule has 0 fully saturated rings. The molecule has 0 aliphatic heterocycles. The average Bonchev–Trinajstić information content (AvgIpc) is 1.97. The number of rotatable bonds is 0. The zero-order valence-electron chi connectivity index (χ0n) is 5.59. The molecule has 0 atom stereocenters. The lowest BCUT2D eigenvalue weighted by atomic mass is 10.2. The monoisotopic (exact) mass is 408 g/mol. The van der Waals surface area contributed by atoms with Crippen molar-refractivity contribution < 1.29 is 0 Å². The van der Waals surface area contributed by atoms with Gasteiger partial charge in [-0.15, -0.1) is 0 Å². The molecule has 4 heteroatoms. The van der Waals surface area contributed by atoms with E-state index in [4.69, 9.17) is 11.6 Å². The van der Waals surface area contributed by atoms with Crippen molar-refractivity contribution in [3.8, 4) is 0 Å². The summed E-state index contributed by atoms with van der Waals surface area (Å²) in [6.45, 7) is 1.99. The van der Waals surface area contributed by atoms with Crippen molar-refractivity contribution in [2.75, 3.05) is 0 Å². The fourth-order valence-corrected chi connectivity index (χ4v) is 2.79. The molecule has 60 valence electrons. The lowest BCUT2D eigenvalue weighted by Crippen LogP contribution is -1.84. The van der Waals surface area contributed by atoms with Crippen molar-refractivity contribution in [3.63, 3.8) is 0 Å². The highest BCUT2D eigenvalue weighted by atomic mass is 127. The van der Waals surface area contributed by atoms with Gasteiger partial charge in [0, 0.05) is 17.5 Å². The number of halogens is 4. The van der Waals surface area contributed by atoms with Crippen LogP contribution in [0.4, 0.5) is 0 Å². The van der Waals surface area contributed by atoms with Crippen LogP contribution in [0.3, 0.4) is 0 Å². The van der Waals surface area contributed by atoms with Gasteiger partial charge in [0.2, 0.25) is 0 Å². The van der Waals surface area contributed by atoms with Crippen molar-refractivity contribution in [2.45, 2.75) is 6.92 Å². The highest BCUT2D eigenvalue weighted by Gasteiger charge is 2.07. The molecule has 0 radical (unpaired) electrons. The van der Waals surface area contributed by atoms with Crippen molar-refractivity contribution in [2.24, 2.45) is 0 Å². The molecule has 0 heterocycles. The number of benzene rings is 1. The van der Waals surface area contributed by atoms with Crippen molar-refractivity contribution in [1.82, 2.24) is 0 Å². The van der Waals surface area contributed by atoms with Gasteiger partial charge in [0.1, 0.15) is 0 Å². The third kappa shape index (κ3) is 2.11. The van der Waals surface area contributed by atoms with Crippen molar-refractivity contribution >= 4 is 66.1 Å². The molecule has 11 heavy (non-hydrogen) atoms. The Balaban J connectivity index is 3.46. The normalized spacial score (nSPS) is 10.3. The minimum Gasteiger partial charge on any atom is -0.0840 e. The minimum atomic E-state index is 0.782. The summed E-state index contributed by atoms with van der Waals surface area (Å²) in [4.78, 5) is 0. The molecule has 0 aliphatic carbocycles. The first-order valence-electron chi connectivity index (χ1n) is 2.83. The summed E-state index contributed by atoms with van der Waals surface area (Å²) in [6.07, 6.45) is 0. The quantitative estimate of drug-likeness (QED) is 0.328. The Morgan fingerprint density at radius 2 is 2.00 bits per heavy atom. The SMILES string of the molecule is Cc1c(Cl)cc(Br)c(I)c1Br. The van der Waals surface area contributed by atoms with Crippen molar-refractivity contribution in [1.29, 1.82) is 0 Å². The van der Waals surface area contributed by atoms with Gasteiger partial charge < -0.3 is 0 Å². The van der Waals surface area contributed by atoms with E-state index in [-0.39, 0.29) is 0 Å². The van der Waals surface area contributed by atoms with Gasteiger partial charge in [0.05, 0.1) is 0 Å². The summed E-state index contributed by atoms with van der Waals surface area (Å²) in [6, 6.07) is 1.91. The molecule has 0 aromatic heterocycles. The van der Waals surface area contributed by atoms with Crippen LogP contribution < -0.4 is 0 Å². The molecule has 1 aromatic carbocycles. The molecular weight excluding hydrogens is 406 g/mol. The molecule has 0 N–H and O–H groups in total. The summed E-state index contributed by atoms with van der Waals surface area (Å²) in [5.74, 6) is 0. The molecule has 0 amide bonds. The molecule has 0 aliphatic rings. The van der Waals surface area contributed by atoms with Gasteiger partial charge >= 0.3 is 0 Å². The summed E-state index contributed by atoms with van der Waals surface area (Å²) in [5.41, 5.74) is 1.08. The fraction of sp³-hybridized carbons (Fsp3) is 0.143. The minimum absolute atomic E-state index is 0.782. The molecule has 1 aromatic rings. The van der Waals surface area contributed by atoms with Gasteiger partial charge in [-0.1, -0.05) is 11.6 Å². The van der Waals surface area contributed by atoms with Crippen LogP contribution in [0.1, 0.15) is 5.56 Å². The standard InChI is InChI=1S/C7H4Br2ClI/c1-3-5(10)2-4(8)7(11)6(3)9/h2H,1H3. The second-order valence-electron chi connectivity index (χ2n) is 2.09. The van der Waals surface area contributed by atoms with E-state index in [0.717, 1.165) is 23.1 Å². The first kappa shape index (κ1) is 10.3. The van der Waals surface area contributed by atoms with E-state index in [1.54, 1.807) is 0 Å². The lowest BCUT2D eigenvalue weighted by molar-refractivity contribution is 1.38. The third-order valence-electron chi connectivity index (χ3n) is 1.34. The third-order valence-corrected chi connectivity index (χ3v) is 5.96. The number of hydrogen-bond donors (Lipinski definition) is 0. The van der Waals surface area contributed by atoms with Crippen LogP contribution in [-0.2, 0) is 0 Å². The smallest absolute Gasteiger partial charge is 0.0458 e. The first-order chi connectivity index (χ1) is 5.04. The van der Waals surface area contributed by atoms with Crippen LogP contribution in [0.2, 0.25) is 5.02 Å². The Morgan fingerprint density at radius 1 is 1.45 bits per heavy atom. The molecular formula is C7H4Br2ClI. The summed E-state index contributed by atoms with van der Waals surface area (Å²) >= 11 is 15.1. The van der Waals surface area contributed by atoms with Gasteiger partial charge in [-0.25, -0.2) is 0 Å². The van der Waals surface area contributed by atoms with Gasteiger partial charge in [-0.2, -0.15) is 0 Å². The van der Waals surface area contributed by atoms with E-state index >= 15 is 0 Å². The zero-order valence-corrected chi connectivity index (χ0v) is 11.7. The molecule has 0 bridgehead atoms. The Morgan fingerprint density at radius 3 is 2.55 bits per heavy atom. The van der Waals surface area contributed by atoms with Gasteiger partial charge in [-0.05, 0) is 73.0 Å². The molecule has 1 rings (SSSR count). The largest absolute Gasteiger partial charge is 0.0840 e. The first-order valence-corrected chi connectivity index (χ1v) is 5.88. The predicted molar refractivity (Wildman–Crippen MR) is 64.3 cm³/mol. The Hall–Kier alpha value is 1.20. The predicted octanol–water partition coefficient (Wildman–Crippen LogP) is 4.78. The summed E-state index contributed by atoms with van der Waals surface area (Å²) in [5, 5.41) is 0.782. The van der Waals surface area contributed by atoms with E-state index in [2.05, 4.69) is 54.5 Å². The van der Waals surface area contributed by atoms with E-state index in [0.29, 0.717) is 0 Å². The van der Waals surface area contributed by atoms with E-state index < -0.39 is 0 Å². The summed E-state index contributed by atoms with van der Waals surface area (Å²) < 4.78 is 3.25. The fourth-order valence-electron chi connectivity index (χ4n) is 0.657. The average molecular weight is 410 g/mol. The van der Waals surface area contributed by atoms with Crippen LogP contribution in [-0.4, -0.2) is 0 Å². The lowest BCUT2D eigenvalue weighted by Gasteiger charge is -2.05.